The van der Waals surface area contributed by atoms with Gasteiger partial charge in [-0.15, -0.1) is 0 Å². The molecule has 208 valence electrons. The topological polar surface area (TPSA) is 123 Å². The number of Topliss-reactive ketones (excluding diaryl/α,β-unsaturated/α-hetero) is 1. The second kappa shape index (κ2) is 11.4. The van der Waals surface area contributed by atoms with Crippen molar-refractivity contribution in [2.75, 3.05) is 11.5 Å². The van der Waals surface area contributed by atoms with E-state index in [4.69, 9.17) is 0 Å². The average Bonchev–Trinajstić information content (AvgIpc) is 3.41. The molecule has 2 amide bonds. The fourth-order valence-corrected chi connectivity index (χ4v) is 8.20. The summed E-state index contributed by atoms with van der Waals surface area (Å²) < 4.78 is 2.17. The molecule has 1 fully saturated rings. The monoisotopic (exact) mass is 621 g/mol. The standard InChI is InChI=1S/C27H28BrN7O3Si.CH4/c1-16(36)26-20-10-18(19-11-29-17(2)30-12-19)8-9-21(20)35(33-26)13-25(37)34-15-39(3,4)14-22(34)27(38)32-24-7-5-6-23(28)31-24;/h5-12,22H,13-15H2,1-4H3,(H,31,32,38);1H4/t22-;/m0./s1. The van der Waals surface area contributed by atoms with Crippen LogP contribution >= 0.6 is 15.9 Å². The third-order valence-corrected chi connectivity index (χ3v) is 9.92. The highest BCUT2D eigenvalue weighted by Crippen LogP contribution is 2.30. The van der Waals surface area contributed by atoms with E-state index in [1.807, 2.05) is 25.1 Å². The summed E-state index contributed by atoms with van der Waals surface area (Å²) in [5, 5.41) is 8.03. The summed E-state index contributed by atoms with van der Waals surface area (Å²) in [4.78, 5) is 53.9. The zero-order valence-corrected chi connectivity index (χ0v) is 24.7. The Morgan fingerprint density at radius 3 is 2.50 bits per heavy atom. The lowest BCUT2D eigenvalue weighted by Gasteiger charge is -2.24. The third-order valence-electron chi connectivity index (χ3n) is 6.79. The van der Waals surface area contributed by atoms with E-state index in [1.165, 1.54) is 6.92 Å². The van der Waals surface area contributed by atoms with Crippen LogP contribution < -0.4 is 5.32 Å². The molecule has 3 aromatic heterocycles. The summed E-state index contributed by atoms with van der Waals surface area (Å²) in [5.74, 6) is 0.422. The summed E-state index contributed by atoms with van der Waals surface area (Å²) in [5.41, 5.74) is 2.62. The minimum absolute atomic E-state index is 0. The molecule has 0 bridgehead atoms. The van der Waals surface area contributed by atoms with E-state index in [0.29, 0.717) is 45.1 Å². The SMILES string of the molecule is C.CC(=O)c1nn(CC(=O)N2C[Si](C)(C)C[C@H]2C(=O)Nc2cccc(Br)n2)c2ccc(-c3cnc(C)nc3)cc12. The Balaban J connectivity index is 0.00000370. The number of anilines is 1. The van der Waals surface area contributed by atoms with Gasteiger partial charge in [0, 0.05) is 36.4 Å². The van der Waals surface area contributed by atoms with Crippen LogP contribution in [0.1, 0.15) is 30.7 Å². The molecule has 10 nitrogen and oxygen atoms in total. The van der Waals surface area contributed by atoms with Gasteiger partial charge in [0.15, 0.2) is 5.78 Å². The summed E-state index contributed by atoms with van der Waals surface area (Å²) in [6, 6.07) is 11.0. The molecule has 12 heteroatoms. The summed E-state index contributed by atoms with van der Waals surface area (Å²) in [6.45, 7) is 7.54. The number of benzene rings is 1. The van der Waals surface area contributed by atoms with Gasteiger partial charge in [0.05, 0.1) is 13.6 Å². The van der Waals surface area contributed by atoms with Gasteiger partial charge in [0.1, 0.15) is 34.5 Å². The Bertz CT molecular complexity index is 1600. The quantitative estimate of drug-likeness (QED) is 0.185. The van der Waals surface area contributed by atoms with Crippen LogP contribution in [0.4, 0.5) is 5.82 Å². The predicted molar refractivity (Wildman–Crippen MR) is 161 cm³/mol. The van der Waals surface area contributed by atoms with Crippen LogP contribution in [-0.2, 0) is 16.1 Å². The number of nitrogens with one attached hydrogen (secondary N) is 1. The van der Waals surface area contributed by atoms with Crippen LogP contribution in [-0.4, -0.2) is 67.5 Å². The van der Waals surface area contributed by atoms with Crippen molar-refractivity contribution in [2.45, 2.75) is 53.0 Å². The molecule has 0 radical (unpaired) electrons. The van der Waals surface area contributed by atoms with Crippen molar-refractivity contribution in [1.29, 1.82) is 0 Å². The molecule has 1 atom stereocenters. The number of halogens is 1. The van der Waals surface area contributed by atoms with Gasteiger partial charge in [0.2, 0.25) is 11.8 Å². The van der Waals surface area contributed by atoms with Gasteiger partial charge in [-0.3, -0.25) is 19.1 Å². The van der Waals surface area contributed by atoms with E-state index in [0.717, 1.165) is 11.1 Å². The number of carbonyl (C=O) groups excluding carboxylic acids is 3. The summed E-state index contributed by atoms with van der Waals surface area (Å²) in [7, 11) is -1.83. The summed E-state index contributed by atoms with van der Waals surface area (Å²) in [6.07, 6.45) is 4.03. The fourth-order valence-electron chi connectivity index (χ4n) is 4.95. The molecule has 0 unspecified atom stereocenters. The highest BCUT2D eigenvalue weighted by molar-refractivity contribution is 9.10. The zero-order valence-electron chi connectivity index (χ0n) is 22.1. The van der Waals surface area contributed by atoms with Crippen molar-refractivity contribution in [2.24, 2.45) is 0 Å². The maximum Gasteiger partial charge on any atom is 0.248 e. The molecular weight excluding hydrogens is 590 g/mol. The van der Waals surface area contributed by atoms with Crippen LogP contribution in [0.2, 0.25) is 19.1 Å². The Kier molecular flexibility index (Phi) is 8.31. The van der Waals surface area contributed by atoms with Gasteiger partial charge in [-0.2, -0.15) is 5.10 Å². The number of amides is 2. The second-order valence-corrected chi connectivity index (χ2v) is 16.4. The number of hydrogen-bond acceptors (Lipinski definition) is 7. The van der Waals surface area contributed by atoms with E-state index in [2.05, 4.69) is 54.4 Å². The molecular formula is C28H32BrN7O3Si. The fraction of sp³-hybridized carbons (Fsp3) is 0.321. The van der Waals surface area contributed by atoms with E-state index < -0.39 is 14.1 Å². The van der Waals surface area contributed by atoms with Crippen molar-refractivity contribution in [3.63, 3.8) is 0 Å². The molecule has 1 N–H and O–H groups in total. The zero-order chi connectivity index (χ0) is 27.9. The van der Waals surface area contributed by atoms with Crippen molar-refractivity contribution in [3.8, 4) is 11.1 Å². The Hall–Kier alpha value is -3.77. The third kappa shape index (κ3) is 6.02. The molecule has 40 heavy (non-hydrogen) atoms. The van der Waals surface area contributed by atoms with Gasteiger partial charge in [0.25, 0.3) is 0 Å². The number of fused-ring (bicyclic) bond motifs is 1. The van der Waals surface area contributed by atoms with E-state index in [-0.39, 0.29) is 31.6 Å². The molecule has 1 saturated heterocycles. The number of ketones is 1. The number of aromatic nitrogens is 5. The van der Waals surface area contributed by atoms with Crippen molar-refractivity contribution >= 4 is 58.3 Å². The number of nitrogens with zero attached hydrogens (tertiary/aromatic N) is 6. The first kappa shape index (κ1) is 29.2. The minimum Gasteiger partial charge on any atom is -0.332 e. The van der Waals surface area contributed by atoms with E-state index in [9.17, 15) is 14.4 Å². The van der Waals surface area contributed by atoms with Gasteiger partial charge >= 0.3 is 0 Å². The molecule has 1 aromatic carbocycles. The van der Waals surface area contributed by atoms with E-state index in [1.54, 1.807) is 40.2 Å². The number of rotatable bonds is 6. The number of hydrogen-bond donors (Lipinski definition) is 1. The van der Waals surface area contributed by atoms with Crippen LogP contribution in [0.25, 0.3) is 22.0 Å². The predicted octanol–water partition coefficient (Wildman–Crippen LogP) is 4.90. The average molecular weight is 623 g/mol. The molecule has 4 aromatic rings. The van der Waals surface area contributed by atoms with Crippen molar-refractivity contribution < 1.29 is 14.4 Å². The molecule has 0 spiro atoms. The molecule has 1 aliphatic heterocycles. The first-order valence-electron chi connectivity index (χ1n) is 12.5. The smallest absolute Gasteiger partial charge is 0.248 e. The maximum absolute atomic E-state index is 13.6. The lowest BCUT2D eigenvalue weighted by Crippen LogP contribution is -2.45. The molecule has 0 aliphatic carbocycles. The first-order valence-corrected chi connectivity index (χ1v) is 16.7. The Morgan fingerprint density at radius 2 is 1.82 bits per heavy atom. The largest absolute Gasteiger partial charge is 0.332 e. The van der Waals surface area contributed by atoms with Gasteiger partial charge < -0.3 is 10.2 Å². The van der Waals surface area contributed by atoms with Crippen LogP contribution in [0, 0.1) is 6.92 Å². The molecule has 5 rings (SSSR count). The number of aryl methyl sites for hydroxylation is 1. The van der Waals surface area contributed by atoms with Crippen LogP contribution in [0.5, 0.6) is 0 Å². The Morgan fingerprint density at radius 1 is 1.10 bits per heavy atom. The summed E-state index contributed by atoms with van der Waals surface area (Å²) >= 11 is 3.32. The van der Waals surface area contributed by atoms with Crippen molar-refractivity contribution in [1.82, 2.24) is 29.6 Å². The normalized spacial score (nSPS) is 16.0. The van der Waals surface area contributed by atoms with Crippen LogP contribution in [0.15, 0.2) is 53.4 Å². The maximum atomic E-state index is 13.6. The molecule has 1 aliphatic rings. The van der Waals surface area contributed by atoms with Crippen LogP contribution in [0.3, 0.4) is 0 Å². The lowest BCUT2D eigenvalue weighted by atomic mass is 10.0. The van der Waals surface area contributed by atoms with Gasteiger partial charge in [-0.05, 0) is 58.7 Å². The minimum atomic E-state index is -1.83. The van der Waals surface area contributed by atoms with Crippen molar-refractivity contribution in [3.05, 3.63) is 64.9 Å². The highest BCUT2D eigenvalue weighted by Gasteiger charge is 2.45. The molecule has 4 heterocycles. The first-order chi connectivity index (χ1) is 18.5. The second-order valence-electron chi connectivity index (χ2n) is 10.6. The van der Waals surface area contributed by atoms with Gasteiger partial charge in [-0.1, -0.05) is 32.7 Å². The lowest BCUT2D eigenvalue weighted by molar-refractivity contribution is -0.136. The number of pyridine rings is 1. The van der Waals surface area contributed by atoms with E-state index >= 15 is 0 Å². The number of carbonyl (C=O) groups is 3. The molecule has 0 saturated carbocycles. The Labute approximate surface area is 242 Å². The highest BCUT2D eigenvalue weighted by atomic mass is 79.9. The van der Waals surface area contributed by atoms with Gasteiger partial charge in [-0.25, -0.2) is 15.0 Å².